The van der Waals surface area contributed by atoms with Gasteiger partial charge in [-0.2, -0.15) is 5.10 Å². The molecule has 1 N–H and O–H groups in total. The molecule has 112 valence electrons. The van der Waals surface area contributed by atoms with Crippen molar-refractivity contribution in [3.05, 3.63) is 51.9 Å². The number of aromatic nitrogens is 2. The Morgan fingerprint density at radius 3 is 2.67 bits per heavy atom. The molecule has 1 aromatic heterocycles. The second kappa shape index (κ2) is 6.41. The molecule has 2 rings (SSSR count). The molecule has 6 nitrogen and oxygen atoms in total. The highest BCUT2D eigenvalue weighted by atomic mass is 16.5. The van der Waals surface area contributed by atoms with E-state index in [1.807, 2.05) is 0 Å². The first-order chi connectivity index (χ1) is 10.0. The highest BCUT2D eigenvalue weighted by molar-refractivity contribution is 5.41. The molecule has 0 bridgehead atoms. The van der Waals surface area contributed by atoms with Gasteiger partial charge in [-0.3, -0.25) is 4.79 Å². The minimum Gasteiger partial charge on any atom is -0.497 e. The number of nitrogens with zero attached hydrogens (tertiary/aromatic N) is 2. The summed E-state index contributed by atoms with van der Waals surface area (Å²) < 4.78 is 11.6. The number of aliphatic hydroxyl groups excluding tert-OH is 1. The maximum Gasteiger partial charge on any atom is 0.266 e. The summed E-state index contributed by atoms with van der Waals surface area (Å²) in [7, 11) is 3.07. The third-order valence-corrected chi connectivity index (χ3v) is 3.15. The average Bonchev–Trinajstić information content (AvgIpc) is 2.50. The molecule has 1 atom stereocenters. The lowest BCUT2D eigenvalue weighted by atomic mass is 10.1. The van der Waals surface area contributed by atoms with Crippen molar-refractivity contribution in [1.29, 1.82) is 0 Å². The van der Waals surface area contributed by atoms with Crippen LogP contribution in [-0.4, -0.2) is 29.1 Å². The molecule has 0 saturated heterocycles. The first-order valence-corrected chi connectivity index (χ1v) is 6.50. The van der Waals surface area contributed by atoms with E-state index in [1.165, 1.54) is 17.9 Å². The normalized spacial score (nSPS) is 12.0. The van der Waals surface area contributed by atoms with E-state index in [-0.39, 0.29) is 12.1 Å². The van der Waals surface area contributed by atoms with Crippen LogP contribution in [0.5, 0.6) is 11.5 Å². The lowest BCUT2D eigenvalue weighted by Gasteiger charge is -2.16. The Balaban J connectivity index is 2.29. The standard InChI is InChI=1S/C15H18N2O4/c1-10-4-7-15(19)17(16-10)9-13(18)12-6-5-11(20-2)8-14(12)21-3/h4-8,13,18H,9H2,1-3H3. The van der Waals surface area contributed by atoms with E-state index in [9.17, 15) is 9.90 Å². The summed E-state index contributed by atoms with van der Waals surface area (Å²) in [5, 5.41) is 14.5. The molecule has 1 aromatic carbocycles. The monoisotopic (exact) mass is 290 g/mol. The molecule has 0 amide bonds. The molecule has 6 heteroatoms. The van der Waals surface area contributed by atoms with Gasteiger partial charge >= 0.3 is 0 Å². The molecule has 0 spiro atoms. The number of hydrogen-bond donors (Lipinski definition) is 1. The van der Waals surface area contributed by atoms with Gasteiger partial charge in [-0.25, -0.2) is 4.68 Å². The van der Waals surface area contributed by atoms with E-state index in [2.05, 4.69) is 5.10 Å². The summed E-state index contributed by atoms with van der Waals surface area (Å²) in [4.78, 5) is 11.7. The molecule has 21 heavy (non-hydrogen) atoms. The molecule has 0 aliphatic rings. The van der Waals surface area contributed by atoms with Gasteiger partial charge in [-0.15, -0.1) is 0 Å². The maximum atomic E-state index is 11.7. The summed E-state index contributed by atoms with van der Waals surface area (Å²) in [6, 6.07) is 8.20. The number of rotatable bonds is 5. The Kier molecular flexibility index (Phi) is 4.59. The molecule has 1 heterocycles. The summed E-state index contributed by atoms with van der Waals surface area (Å²) >= 11 is 0. The largest absolute Gasteiger partial charge is 0.497 e. The van der Waals surface area contributed by atoms with Crippen LogP contribution in [-0.2, 0) is 6.54 Å². The van der Waals surface area contributed by atoms with Gasteiger partial charge in [-0.05, 0) is 25.1 Å². The van der Waals surface area contributed by atoms with Crippen LogP contribution in [0.2, 0.25) is 0 Å². The lowest BCUT2D eigenvalue weighted by molar-refractivity contribution is 0.145. The van der Waals surface area contributed by atoms with Crippen LogP contribution >= 0.6 is 0 Å². The Hall–Kier alpha value is -2.34. The fraction of sp³-hybridized carbons (Fsp3) is 0.333. The SMILES string of the molecule is COc1ccc(C(O)Cn2nc(C)ccc2=O)c(OC)c1. The van der Waals surface area contributed by atoms with Crippen LogP contribution in [0.1, 0.15) is 17.4 Å². The summed E-state index contributed by atoms with van der Waals surface area (Å²) in [5.41, 5.74) is 1.03. The second-order valence-corrected chi connectivity index (χ2v) is 4.62. The van der Waals surface area contributed by atoms with Crippen LogP contribution in [0, 0.1) is 6.92 Å². The summed E-state index contributed by atoms with van der Waals surface area (Å²) in [6.07, 6.45) is -0.905. The molecule has 0 saturated carbocycles. The van der Waals surface area contributed by atoms with E-state index >= 15 is 0 Å². The molecule has 2 aromatic rings. The van der Waals surface area contributed by atoms with E-state index < -0.39 is 6.10 Å². The van der Waals surface area contributed by atoms with Gasteiger partial charge in [0.2, 0.25) is 0 Å². The minimum atomic E-state index is -0.905. The van der Waals surface area contributed by atoms with Gasteiger partial charge in [0.15, 0.2) is 0 Å². The van der Waals surface area contributed by atoms with Gasteiger partial charge in [0.1, 0.15) is 17.6 Å². The predicted octanol–water partition coefficient (Wildman–Crippen LogP) is 1.30. The Bertz CT molecular complexity index is 682. The minimum absolute atomic E-state index is 0.0587. The zero-order valence-corrected chi connectivity index (χ0v) is 12.2. The van der Waals surface area contributed by atoms with Crippen molar-refractivity contribution in [2.24, 2.45) is 0 Å². The third kappa shape index (κ3) is 3.41. The number of methoxy groups -OCH3 is 2. The van der Waals surface area contributed by atoms with Crippen LogP contribution < -0.4 is 15.0 Å². The number of aliphatic hydroxyl groups is 1. The van der Waals surface area contributed by atoms with Crippen molar-refractivity contribution in [1.82, 2.24) is 9.78 Å². The van der Waals surface area contributed by atoms with Crippen molar-refractivity contribution >= 4 is 0 Å². The third-order valence-electron chi connectivity index (χ3n) is 3.15. The summed E-state index contributed by atoms with van der Waals surface area (Å²) in [5.74, 6) is 1.14. The number of ether oxygens (including phenoxy) is 2. The van der Waals surface area contributed by atoms with Crippen molar-refractivity contribution in [2.75, 3.05) is 14.2 Å². The van der Waals surface area contributed by atoms with Crippen LogP contribution in [0.3, 0.4) is 0 Å². The first kappa shape index (κ1) is 15.1. The van der Waals surface area contributed by atoms with Gasteiger partial charge in [0.05, 0.1) is 26.5 Å². The van der Waals surface area contributed by atoms with Gasteiger partial charge in [-0.1, -0.05) is 0 Å². The number of benzene rings is 1. The van der Waals surface area contributed by atoms with Gasteiger partial charge < -0.3 is 14.6 Å². The van der Waals surface area contributed by atoms with Gasteiger partial charge in [0.25, 0.3) is 5.56 Å². The van der Waals surface area contributed by atoms with E-state index in [0.29, 0.717) is 22.8 Å². The maximum absolute atomic E-state index is 11.7. The topological polar surface area (TPSA) is 73.6 Å². The van der Waals surface area contributed by atoms with E-state index in [4.69, 9.17) is 9.47 Å². The van der Waals surface area contributed by atoms with Gasteiger partial charge in [0, 0.05) is 17.7 Å². The second-order valence-electron chi connectivity index (χ2n) is 4.62. The molecule has 0 aliphatic carbocycles. The van der Waals surface area contributed by atoms with Crippen molar-refractivity contribution in [3.63, 3.8) is 0 Å². The first-order valence-electron chi connectivity index (χ1n) is 6.50. The van der Waals surface area contributed by atoms with Crippen LogP contribution in [0.25, 0.3) is 0 Å². The Morgan fingerprint density at radius 2 is 2.00 bits per heavy atom. The fourth-order valence-corrected chi connectivity index (χ4v) is 2.04. The summed E-state index contributed by atoms with van der Waals surface area (Å²) in [6.45, 7) is 1.85. The predicted molar refractivity (Wildman–Crippen MR) is 77.7 cm³/mol. The fourth-order valence-electron chi connectivity index (χ4n) is 2.04. The van der Waals surface area contributed by atoms with Crippen molar-refractivity contribution < 1.29 is 14.6 Å². The molecule has 0 aliphatic heterocycles. The molecule has 0 fully saturated rings. The zero-order chi connectivity index (χ0) is 15.4. The van der Waals surface area contributed by atoms with Crippen LogP contribution in [0.4, 0.5) is 0 Å². The quantitative estimate of drug-likeness (QED) is 0.898. The highest BCUT2D eigenvalue weighted by Gasteiger charge is 2.16. The number of hydrogen-bond acceptors (Lipinski definition) is 5. The molecule has 1 unspecified atom stereocenters. The highest BCUT2D eigenvalue weighted by Crippen LogP contribution is 2.29. The van der Waals surface area contributed by atoms with E-state index in [1.54, 1.807) is 38.3 Å². The Labute approximate surface area is 122 Å². The van der Waals surface area contributed by atoms with Crippen molar-refractivity contribution in [2.45, 2.75) is 19.6 Å². The zero-order valence-electron chi connectivity index (χ0n) is 12.2. The Morgan fingerprint density at radius 1 is 1.24 bits per heavy atom. The van der Waals surface area contributed by atoms with Crippen molar-refractivity contribution in [3.8, 4) is 11.5 Å². The molecule has 0 radical (unpaired) electrons. The molecular formula is C15H18N2O4. The average molecular weight is 290 g/mol. The lowest BCUT2D eigenvalue weighted by Crippen LogP contribution is -2.25. The van der Waals surface area contributed by atoms with E-state index in [0.717, 1.165) is 0 Å². The smallest absolute Gasteiger partial charge is 0.266 e. The number of aryl methyl sites for hydroxylation is 1. The molecular weight excluding hydrogens is 272 g/mol. The van der Waals surface area contributed by atoms with Crippen LogP contribution in [0.15, 0.2) is 35.1 Å².